The number of carbonyl (C=O) groups excluding carboxylic acids is 1. The van der Waals surface area contributed by atoms with Gasteiger partial charge in [-0.1, -0.05) is 18.2 Å². The molecule has 41 heavy (non-hydrogen) atoms. The summed E-state index contributed by atoms with van der Waals surface area (Å²) in [7, 11) is -4.21. The fourth-order valence-electron chi connectivity index (χ4n) is 4.17. The first-order valence-corrected chi connectivity index (χ1v) is 14.9. The van der Waals surface area contributed by atoms with Gasteiger partial charge in [-0.15, -0.1) is 11.6 Å². The van der Waals surface area contributed by atoms with E-state index >= 15 is 0 Å². The summed E-state index contributed by atoms with van der Waals surface area (Å²) in [4.78, 5) is 23.7. The Morgan fingerprint density at radius 2 is 2.00 bits per heavy atom. The van der Waals surface area contributed by atoms with E-state index in [1.165, 1.54) is 17.8 Å². The molecule has 0 bridgehead atoms. The number of aliphatic hydroxyl groups excluding tert-OH is 1. The zero-order valence-electron chi connectivity index (χ0n) is 23.3. The number of anilines is 1. The van der Waals surface area contributed by atoms with Crippen LogP contribution in [0.15, 0.2) is 36.7 Å². The van der Waals surface area contributed by atoms with Crippen LogP contribution in [0.5, 0.6) is 11.6 Å². The zero-order valence-corrected chi connectivity index (χ0v) is 24.9. The van der Waals surface area contributed by atoms with Crippen molar-refractivity contribution in [1.82, 2.24) is 24.6 Å². The van der Waals surface area contributed by atoms with Gasteiger partial charge < -0.3 is 29.6 Å². The minimum Gasteiger partial charge on any atom is -0.476 e. The highest BCUT2D eigenvalue weighted by molar-refractivity contribution is 7.52. The quantitative estimate of drug-likeness (QED) is 0.154. The molecule has 0 saturated carbocycles. The molecule has 1 aliphatic rings. The molecular weight excluding hydrogens is 579 g/mol. The Morgan fingerprint density at radius 3 is 2.66 bits per heavy atom. The summed E-state index contributed by atoms with van der Waals surface area (Å²) in [6, 6.07) is 7.24. The average molecular weight is 613 g/mol. The average Bonchev–Trinajstić information content (AvgIpc) is 3.41. The van der Waals surface area contributed by atoms with Crippen molar-refractivity contribution in [2.75, 3.05) is 18.9 Å². The Hall–Kier alpha value is -3.00. The highest BCUT2D eigenvalue weighted by atomic mass is 35.5. The van der Waals surface area contributed by atoms with Crippen LogP contribution in [0.2, 0.25) is 0 Å². The molecule has 3 aromatic rings. The first-order chi connectivity index (χ1) is 19.3. The van der Waals surface area contributed by atoms with Crippen molar-refractivity contribution in [3.8, 4) is 11.6 Å². The summed E-state index contributed by atoms with van der Waals surface area (Å²) in [5, 5.41) is 13.7. The van der Waals surface area contributed by atoms with Crippen LogP contribution in [0.4, 0.5) is 5.95 Å². The number of benzene rings is 1. The molecule has 2 aromatic heterocycles. The van der Waals surface area contributed by atoms with E-state index in [0.717, 1.165) is 0 Å². The Balaban J connectivity index is 1.56. The molecule has 1 aromatic carbocycles. The van der Waals surface area contributed by atoms with Gasteiger partial charge in [0.25, 0.3) is 0 Å². The van der Waals surface area contributed by atoms with Crippen LogP contribution in [-0.4, -0.2) is 73.0 Å². The van der Waals surface area contributed by atoms with E-state index in [0.29, 0.717) is 12.1 Å². The molecule has 1 aliphatic heterocycles. The molecule has 0 amide bonds. The molecule has 16 heteroatoms. The topological polar surface area (TPSA) is 182 Å². The lowest BCUT2D eigenvalue weighted by Crippen LogP contribution is -2.40. The highest BCUT2D eigenvalue weighted by Crippen LogP contribution is 2.48. The molecular formula is C25H34ClN6O8P. The number of esters is 1. The number of fused-ring (bicyclic) bond motifs is 1. The van der Waals surface area contributed by atoms with Crippen molar-refractivity contribution in [2.45, 2.75) is 70.1 Å². The number of nitrogens with one attached hydrogen (secondary N) is 1. The third-order valence-corrected chi connectivity index (χ3v) is 8.15. The predicted octanol–water partition coefficient (Wildman–Crippen LogP) is 3.20. The molecule has 0 radical (unpaired) electrons. The summed E-state index contributed by atoms with van der Waals surface area (Å²) in [6.45, 7) is 8.14. The van der Waals surface area contributed by atoms with E-state index in [1.807, 2.05) is 0 Å². The van der Waals surface area contributed by atoms with Crippen LogP contribution in [0.25, 0.3) is 11.2 Å². The summed E-state index contributed by atoms with van der Waals surface area (Å²) >= 11 is 6.80. The van der Waals surface area contributed by atoms with Crippen molar-refractivity contribution in [3.63, 3.8) is 0 Å². The summed E-state index contributed by atoms with van der Waals surface area (Å²) in [5.41, 5.74) is 6.49. The molecule has 4 N–H and O–H groups in total. The summed E-state index contributed by atoms with van der Waals surface area (Å²) < 4.78 is 43.6. The number of rotatable bonds is 12. The lowest BCUT2D eigenvalue weighted by molar-refractivity contribution is -0.149. The van der Waals surface area contributed by atoms with Crippen LogP contribution in [0.1, 0.15) is 40.8 Å². The van der Waals surface area contributed by atoms with Gasteiger partial charge in [-0.3, -0.25) is 13.9 Å². The van der Waals surface area contributed by atoms with Crippen molar-refractivity contribution in [3.05, 3.63) is 36.7 Å². The molecule has 4 rings (SSSR count). The van der Waals surface area contributed by atoms with Gasteiger partial charge >= 0.3 is 13.7 Å². The predicted molar refractivity (Wildman–Crippen MR) is 150 cm³/mol. The van der Waals surface area contributed by atoms with Gasteiger partial charge in [-0.2, -0.15) is 15.1 Å². The number of nitrogens with zero attached hydrogens (tertiary/aromatic N) is 4. The molecule has 1 saturated heterocycles. The lowest BCUT2D eigenvalue weighted by Gasteiger charge is -2.26. The van der Waals surface area contributed by atoms with Crippen LogP contribution >= 0.6 is 19.3 Å². The number of hydrogen-bond donors (Lipinski definition) is 3. The highest BCUT2D eigenvalue weighted by Gasteiger charge is 2.54. The molecule has 0 aliphatic carbocycles. The molecule has 1 fully saturated rings. The molecule has 1 unspecified atom stereocenters. The van der Waals surface area contributed by atoms with Gasteiger partial charge in [0.2, 0.25) is 11.8 Å². The van der Waals surface area contributed by atoms with Crippen molar-refractivity contribution in [2.24, 2.45) is 0 Å². The second-order valence-electron chi connectivity index (χ2n) is 9.80. The molecule has 224 valence electrons. The van der Waals surface area contributed by atoms with Gasteiger partial charge in [-0.05, 0) is 46.8 Å². The fraction of sp³-hybridized carbons (Fsp3) is 0.520. The van der Waals surface area contributed by atoms with E-state index in [1.54, 1.807) is 58.0 Å². The first kappa shape index (κ1) is 30.9. The first-order valence-electron chi connectivity index (χ1n) is 13.0. The van der Waals surface area contributed by atoms with E-state index in [2.05, 4.69) is 20.0 Å². The van der Waals surface area contributed by atoms with E-state index in [9.17, 15) is 14.5 Å². The van der Waals surface area contributed by atoms with Gasteiger partial charge in [-0.25, -0.2) is 9.55 Å². The van der Waals surface area contributed by atoms with E-state index < -0.39 is 49.7 Å². The van der Waals surface area contributed by atoms with Gasteiger partial charge in [0, 0.05) is 0 Å². The molecule has 6 atom stereocenters. The van der Waals surface area contributed by atoms with Crippen LogP contribution in [-0.2, 0) is 23.4 Å². The zero-order chi connectivity index (χ0) is 29.9. The number of aromatic nitrogens is 4. The van der Waals surface area contributed by atoms with Gasteiger partial charge in [0.1, 0.15) is 28.9 Å². The smallest absolute Gasteiger partial charge is 0.459 e. The molecule has 3 heterocycles. The number of carbonyl (C=O) groups is 1. The van der Waals surface area contributed by atoms with E-state index in [4.69, 9.17) is 40.6 Å². The number of alkyl halides is 1. The van der Waals surface area contributed by atoms with Crippen molar-refractivity contribution >= 4 is 42.4 Å². The van der Waals surface area contributed by atoms with Crippen molar-refractivity contribution in [1.29, 1.82) is 0 Å². The summed E-state index contributed by atoms with van der Waals surface area (Å²) in [5.74, 6) is -0.273. The number of imidazole rings is 1. The number of para-hydroxylation sites is 1. The second-order valence-corrected chi connectivity index (χ2v) is 12.3. The Bertz CT molecular complexity index is 1410. The largest absolute Gasteiger partial charge is 0.476 e. The maximum Gasteiger partial charge on any atom is 0.459 e. The Kier molecular flexibility index (Phi) is 9.42. The van der Waals surface area contributed by atoms with Gasteiger partial charge in [0.15, 0.2) is 17.4 Å². The Labute approximate surface area is 242 Å². The van der Waals surface area contributed by atoms with Crippen molar-refractivity contribution < 1.29 is 37.7 Å². The lowest BCUT2D eigenvalue weighted by atomic mass is 10.0. The van der Waals surface area contributed by atoms with Gasteiger partial charge in [0.05, 0.1) is 25.6 Å². The number of hydrogen-bond acceptors (Lipinski definition) is 12. The van der Waals surface area contributed by atoms with E-state index in [-0.39, 0.29) is 29.3 Å². The maximum absolute atomic E-state index is 13.8. The maximum atomic E-state index is 13.8. The van der Waals surface area contributed by atoms with Crippen LogP contribution in [0, 0.1) is 0 Å². The number of halogens is 1. The third-order valence-electron chi connectivity index (χ3n) is 6.09. The Morgan fingerprint density at radius 1 is 1.29 bits per heavy atom. The van der Waals surface area contributed by atoms with Crippen LogP contribution in [0.3, 0.4) is 0 Å². The SMILES string of the molecule is CCOc1nc(N)nc2c1ncn2[C@@H]1O[C@H](COP(=O)(N[C@@H](C)C(=O)OC(C)C)Oc2ccccc2)[C@@H](O)[C@@]1(C)Cl. The molecule has 14 nitrogen and oxygen atoms in total. The summed E-state index contributed by atoms with van der Waals surface area (Å²) in [6.07, 6.45) is -2.32. The normalized spacial score (nSPS) is 24.7. The van der Waals surface area contributed by atoms with Crippen LogP contribution < -0.4 is 20.1 Å². The number of nitrogen functional groups attached to an aromatic ring is 1. The number of nitrogens with two attached hydrogens (primary N) is 1. The third kappa shape index (κ3) is 6.91. The standard InChI is InChI=1S/C25H34ClN6O8P/c1-6-36-21-18-20(29-24(27)30-21)32(13-28-18)23-25(5,26)19(33)17(39-23)12-37-41(35,40-16-10-8-7-9-11-16)31-15(4)22(34)38-14(2)3/h7-11,13-15,17,19,23,33H,6,12H2,1-5H3,(H,31,35)(H2,27,29,30)/t15-,17+,19+,23+,25+,41?/m0/s1. The number of aliphatic hydroxyl groups is 1. The number of ether oxygens (including phenoxy) is 3. The monoisotopic (exact) mass is 612 g/mol. The fourth-order valence-corrected chi connectivity index (χ4v) is 5.97. The molecule has 0 spiro atoms. The minimum atomic E-state index is -4.21. The minimum absolute atomic E-state index is 0.0485. The second kappa shape index (κ2) is 12.5.